The molecule has 23 heavy (non-hydrogen) atoms. The average molecular weight is 335 g/mol. The van der Waals surface area contributed by atoms with Crippen LogP contribution in [0.3, 0.4) is 0 Å². The Hall–Kier alpha value is -1.63. The van der Waals surface area contributed by atoms with Gasteiger partial charge in [-0.3, -0.25) is 4.90 Å². The maximum atomic E-state index is 12.7. The van der Waals surface area contributed by atoms with E-state index in [1.165, 1.54) is 0 Å². The van der Waals surface area contributed by atoms with Crippen LogP contribution in [0.4, 0.5) is 0 Å². The van der Waals surface area contributed by atoms with Gasteiger partial charge in [0.25, 0.3) is 0 Å². The van der Waals surface area contributed by atoms with E-state index >= 15 is 0 Å². The monoisotopic (exact) mass is 335 g/mol. The predicted molar refractivity (Wildman–Crippen MR) is 92.9 cm³/mol. The number of hydrogen-bond donors (Lipinski definition) is 1. The second-order valence-corrected chi connectivity index (χ2v) is 7.88. The second-order valence-electron chi connectivity index (χ2n) is 6.14. The third kappa shape index (κ3) is 4.02. The highest BCUT2D eigenvalue weighted by Gasteiger charge is 2.22. The number of likely N-dealkylation sites (N-methyl/N-ethyl adjacent to an activating group) is 1. The molecule has 0 spiro atoms. The number of rotatable bonds is 6. The van der Waals surface area contributed by atoms with Crippen LogP contribution in [-0.2, 0) is 17.1 Å². The maximum Gasteiger partial charge on any atom is 0.240 e. The predicted octanol–water partition coefficient (Wildman–Crippen LogP) is 2.22. The van der Waals surface area contributed by atoms with Crippen LogP contribution in [0.15, 0.2) is 41.4 Å². The number of nitrogens with zero attached hydrogens (tertiary/aromatic N) is 2. The third-order valence-corrected chi connectivity index (χ3v) is 5.61. The van der Waals surface area contributed by atoms with Crippen LogP contribution >= 0.6 is 0 Å². The van der Waals surface area contributed by atoms with Gasteiger partial charge in [0, 0.05) is 25.5 Å². The minimum Gasteiger partial charge on any atom is -0.353 e. The molecule has 1 N–H and O–H groups in total. The largest absolute Gasteiger partial charge is 0.353 e. The van der Waals surface area contributed by atoms with Crippen LogP contribution in [0.1, 0.15) is 22.9 Å². The molecule has 1 atom stereocenters. The van der Waals surface area contributed by atoms with E-state index in [2.05, 4.69) is 4.72 Å². The minimum atomic E-state index is -3.53. The molecular weight excluding hydrogens is 310 g/mol. The molecule has 0 aliphatic carbocycles. The van der Waals surface area contributed by atoms with Crippen LogP contribution in [0.25, 0.3) is 0 Å². The van der Waals surface area contributed by atoms with Crippen molar-refractivity contribution in [2.45, 2.75) is 24.8 Å². The van der Waals surface area contributed by atoms with Gasteiger partial charge >= 0.3 is 0 Å². The Bertz CT molecular complexity index is 779. The average Bonchev–Trinajstić information content (AvgIpc) is 2.87. The number of benzene rings is 1. The van der Waals surface area contributed by atoms with Crippen LogP contribution in [0.2, 0.25) is 0 Å². The summed E-state index contributed by atoms with van der Waals surface area (Å²) in [5, 5.41) is 0. The Morgan fingerprint density at radius 2 is 1.91 bits per heavy atom. The van der Waals surface area contributed by atoms with Crippen molar-refractivity contribution in [1.29, 1.82) is 0 Å². The lowest BCUT2D eigenvalue weighted by Crippen LogP contribution is -2.35. The Kier molecular flexibility index (Phi) is 5.29. The zero-order chi connectivity index (χ0) is 17.2. The zero-order valence-corrected chi connectivity index (χ0v) is 15.2. The van der Waals surface area contributed by atoms with E-state index in [0.717, 1.165) is 16.8 Å². The molecule has 0 amide bonds. The summed E-state index contributed by atoms with van der Waals surface area (Å²) in [6.07, 6.45) is 1.96. The second kappa shape index (κ2) is 6.86. The maximum absolute atomic E-state index is 12.7. The Morgan fingerprint density at radius 1 is 1.22 bits per heavy atom. The summed E-state index contributed by atoms with van der Waals surface area (Å²) in [7, 11) is 2.33. The van der Waals surface area contributed by atoms with E-state index in [0.29, 0.717) is 11.4 Å². The van der Waals surface area contributed by atoms with E-state index in [9.17, 15) is 8.42 Å². The zero-order valence-electron chi connectivity index (χ0n) is 14.4. The number of sulfonamides is 1. The van der Waals surface area contributed by atoms with Crippen LogP contribution in [0, 0.1) is 13.8 Å². The van der Waals surface area contributed by atoms with Crippen LogP contribution in [0.5, 0.6) is 0 Å². The first-order valence-electron chi connectivity index (χ1n) is 7.57. The van der Waals surface area contributed by atoms with Gasteiger partial charge in [0.2, 0.25) is 10.0 Å². The van der Waals surface area contributed by atoms with Crippen molar-refractivity contribution in [2.75, 3.05) is 20.6 Å². The molecule has 0 bridgehead atoms. The normalized spacial score (nSPS) is 13.5. The first-order valence-corrected chi connectivity index (χ1v) is 9.05. The van der Waals surface area contributed by atoms with Crippen molar-refractivity contribution in [3.05, 3.63) is 53.3 Å². The van der Waals surface area contributed by atoms with Gasteiger partial charge in [-0.1, -0.05) is 12.1 Å². The van der Waals surface area contributed by atoms with Crippen molar-refractivity contribution >= 4 is 10.0 Å². The SMILES string of the molecule is Cc1ccc(C)c(S(=O)(=O)NCC(c2cccn2C)N(C)C)c1. The highest BCUT2D eigenvalue weighted by molar-refractivity contribution is 7.89. The van der Waals surface area contributed by atoms with Crippen molar-refractivity contribution in [1.82, 2.24) is 14.2 Å². The molecule has 6 heteroatoms. The summed E-state index contributed by atoms with van der Waals surface area (Å²) >= 11 is 0. The molecule has 0 radical (unpaired) electrons. The summed E-state index contributed by atoms with van der Waals surface area (Å²) in [6, 6.07) is 9.41. The highest BCUT2D eigenvalue weighted by Crippen LogP contribution is 2.20. The lowest BCUT2D eigenvalue weighted by molar-refractivity contribution is 0.289. The molecule has 0 aliphatic rings. The van der Waals surface area contributed by atoms with Crippen molar-refractivity contribution in [3.63, 3.8) is 0 Å². The molecular formula is C17H25N3O2S. The van der Waals surface area contributed by atoms with Gasteiger partial charge in [-0.05, 0) is 57.3 Å². The fourth-order valence-electron chi connectivity index (χ4n) is 2.64. The Labute approximate surface area is 139 Å². The van der Waals surface area contributed by atoms with Gasteiger partial charge in [0.05, 0.1) is 10.9 Å². The van der Waals surface area contributed by atoms with Crippen LogP contribution in [-0.4, -0.2) is 38.5 Å². The molecule has 0 fully saturated rings. The van der Waals surface area contributed by atoms with Gasteiger partial charge in [-0.25, -0.2) is 13.1 Å². The first kappa shape index (κ1) is 17.7. The molecule has 0 aliphatic heterocycles. The fraction of sp³-hybridized carbons (Fsp3) is 0.412. The molecule has 1 unspecified atom stereocenters. The first-order chi connectivity index (χ1) is 10.7. The van der Waals surface area contributed by atoms with Crippen molar-refractivity contribution < 1.29 is 8.42 Å². The van der Waals surface area contributed by atoms with E-state index in [-0.39, 0.29) is 6.04 Å². The molecule has 1 aromatic heterocycles. The lowest BCUT2D eigenvalue weighted by atomic mass is 10.2. The molecule has 1 aromatic carbocycles. The molecule has 2 aromatic rings. The van der Waals surface area contributed by atoms with Gasteiger partial charge in [0.15, 0.2) is 0 Å². The summed E-state index contributed by atoms with van der Waals surface area (Å²) in [5.74, 6) is 0. The van der Waals surface area contributed by atoms with E-state index < -0.39 is 10.0 Å². The minimum absolute atomic E-state index is 0.0325. The molecule has 0 saturated heterocycles. The quantitative estimate of drug-likeness (QED) is 0.881. The molecule has 1 heterocycles. The van der Waals surface area contributed by atoms with Gasteiger partial charge in [0.1, 0.15) is 0 Å². The number of nitrogens with one attached hydrogen (secondary N) is 1. The lowest BCUT2D eigenvalue weighted by Gasteiger charge is -2.25. The molecule has 0 saturated carbocycles. The van der Waals surface area contributed by atoms with Crippen molar-refractivity contribution in [3.8, 4) is 0 Å². The van der Waals surface area contributed by atoms with Gasteiger partial charge in [-0.2, -0.15) is 0 Å². The third-order valence-electron chi connectivity index (χ3n) is 4.05. The standard InChI is InChI=1S/C17H25N3O2S/c1-13-8-9-14(2)17(11-13)23(21,22)18-12-16(19(3)4)15-7-6-10-20(15)5/h6-11,16,18H,12H2,1-5H3. The molecule has 126 valence electrons. The number of aryl methyl sites for hydroxylation is 3. The van der Waals surface area contributed by atoms with E-state index in [4.69, 9.17) is 0 Å². The van der Waals surface area contributed by atoms with E-state index in [1.54, 1.807) is 6.07 Å². The number of aromatic nitrogens is 1. The van der Waals surface area contributed by atoms with Gasteiger partial charge in [-0.15, -0.1) is 0 Å². The Morgan fingerprint density at radius 3 is 2.48 bits per heavy atom. The van der Waals surface area contributed by atoms with E-state index in [1.807, 2.05) is 74.9 Å². The van der Waals surface area contributed by atoms with Crippen molar-refractivity contribution in [2.24, 2.45) is 7.05 Å². The molecule has 5 nitrogen and oxygen atoms in total. The highest BCUT2D eigenvalue weighted by atomic mass is 32.2. The Balaban J connectivity index is 2.23. The summed E-state index contributed by atoms with van der Waals surface area (Å²) in [5.41, 5.74) is 2.75. The summed E-state index contributed by atoms with van der Waals surface area (Å²) < 4.78 is 30.1. The van der Waals surface area contributed by atoms with Crippen LogP contribution < -0.4 is 4.72 Å². The van der Waals surface area contributed by atoms with Gasteiger partial charge < -0.3 is 4.57 Å². The smallest absolute Gasteiger partial charge is 0.240 e. The topological polar surface area (TPSA) is 54.3 Å². The summed E-state index contributed by atoms with van der Waals surface area (Å²) in [4.78, 5) is 2.36. The number of hydrogen-bond acceptors (Lipinski definition) is 3. The summed E-state index contributed by atoms with van der Waals surface area (Å²) in [6.45, 7) is 4.03. The molecule has 2 rings (SSSR count). The fourth-order valence-corrected chi connectivity index (χ4v) is 4.00.